The van der Waals surface area contributed by atoms with Crippen molar-refractivity contribution in [2.24, 2.45) is 11.8 Å². The van der Waals surface area contributed by atoms with E-state index in [-0.39, 0.29) is 18.4 Å². The Balaban J connectivity index is 1.66. The highest BCUT2D eigenvalue weighted by atomic mass is 35.5. The van der Waals surface area contributed by atoms with Gasteiger partial charge in [-0.15, -0.1) is 0 Å². The van der Waals surface area contributed by atoms with Gasteiger partial charge in [-0.1, -0.05) is 31.4 Å². The molecule has 5 heteroatoms. The summed E-state index contributed by atoms with van der Waals surface area (Å²) in [6.45, 7) is 3.85. The third-order valence-corrected chi connectivity index (χ3v) is 4.67. The second-order valence-corrected chi connectivity index (χ2v) is 6.56. The minimum absolute atomic E-state index is 0.00231. The number of hydrogen-bond acceptors (Lipinski definition) is 4. The van der Waals surface area contributed by atoms with Crippen LogP contribution in [0.15, 0.2) is 11.6 Å². The van der Waals surface area contributed by atoms with E-state index < -0.39 is 0 Å². The molecule has 1 saturated heterocycles. The molecule has 1 saturated carbocycles. The van der Waals surface area contributed by atoms with Gasteiger partial charge in [0.1, 0.15) is 6.10 Å². The SMILES string of the molecule is CCCCC1COC(C2CCC(OC(=O)C=CCl)CC2)OC1. The average Bonchev–Trinajstić information content (AvgIpc) is 2.54. The minimum Gasteiger partial charge on any atom is -0.459 e. The minimum atomic E-state index is -0.359. The molecule has 4 nitrogen and oxygen atoms in total. The van der Waals surface area contributed by atoms with Gasteiger partial charge >= 0.3 is 5.97 Å². The Hall–Kier alpha value is -0.580. The molecule has 0 aromatic carbocycles. The summed E-state index contributed by atoms with van der Waals surface area (Å²) in [4.78, 5) is 11.4. The number of unbranched alkanes of at least 4 members (excludes halogenated alkanes) is 1. The monoisotopic (exact) mass is 330 g/mol. The van der Waals surface area contributed by atoms with Crippen LogP contribution in [0.5, 0.6) is 0 Å². The molecule has 2 rings (SSSR count). The Bertz CT molecular complexity index is 356. The van der Waals surface area contributed by atoms with E-state index in [1.165, 1.54) is 30.9 Å². The van der Waals surface area contributed by atoms with Crippen LogP contribution in [0.25, 0.3) is 0 Å². The molecule has 1 aliphatic carbocycles. The van der Waals surface area contributed by atoms with Crippen LogP contribution in [0.4, 0.5) is 0 Å². The first-order valence-electron chi connectivity index (χ1n) is 8.43. The summed E-state index contributed by atoms with van der Waals surface area (Å²) < 4.78 is 17.2. The number of rotatable bonds is 6. The maximum Gasteiger partial charge on any atom is 0.331 e. The highest BCUT2D eigenvalue weighted by Crippen LogP contribution is 2.32. The normalized spacial score (nSPS) is 33.0. The zero-order valence-electron chi connectivity index (χ0n) is 13.3. The van der Waals surface area contributed by atoms with Gasteiger partial charge in [0, 0.05) is 23.4 Å². The summed E-state index contributed by atoms with van der Waals surface area (Å²) in [5, 5.41) is 0. The van der Waals surface area contributed by atoms with Crippen molar-refractivity contribution in [2.75, 3.05) is 13.2 Å². The predicted molar refractivity (Wildman–Crippen MR) is 85.5 cm³/mol. The van der Waals surface area contributed by atoms with Crippen LogP contribution in [0, 0.1) is 11.8 Å². The van der Waals surface area contributed by atoms with Crippen LogP contribution >= 0.6 is 11.6 Å². The summed E-state index contributed by atoms with van der Waals surface area (Å²) in [5.74, 6) is 0.615. The number of esters is 1. The van der Waals surface area contributed by atoms with Crippen molar-refractivity contribution in [1.82, 2.24) is 0 Å². The number of ether oxygens (including phenoxy) is 3. The molecule has 0 bridgehead atoms. The van der Waals surface area contributed by atoms with Crippen LogP contribution in [0.3, 0.4) is 0 Å². The molecule has 2 fully saturated rings. The van der Waals surface area contributed by atoms with E-state index in [0.29, 0.717) is 11.8 Å². The first-order chi connectivity index (χ1) is 10.7. The van der Waals surface area contributed by atoms with Crippen LogP contribution < -0.4 is 0 Å². The zero-order valence-corrected chi connectivity index (χ0v) is 14.1. The number of carbonyl (C=O) groups is 1. The Kier molecular flexibility index (Phi) is 7.70. The maximum atomic E-state index is 11.4. The molecule has 0 amide bonds. The molecular formula is C17H27ClO4. The molecule has 0 unspecified atom stereocenters. The summed E-state index contributed by atoms with van der Waals surface area (Å²) >= 11 is 5.37. The zero-order chi connectivity index (χ0) is 15.8. The standard InChI is InChI=1S/C17H27ClO4/c1-2-3-4-13-11-20-17(21-12-13)14-5-7-15(8-6-14)22-16(19)9-10-18/h9-10,13-15,17H,2-8,11-12H2,1H3. The van der Waals surface area contributed by atoms with Gasteiger partial charge < -0.3 is 14.2 Å². The largest absolute Gasteiger partial charge is 0.459 e. The molecule has 0 aromatic heterocycles. The Morgan fingerprint density at radius 1 is 1.23 bits per heavy atom. The van der Waals surface area contributed by atoms with Crippen molar-refractivity contribution in [3.8, 4) is 0 Å². The molecular weight excluding hydrogens is 304 g/mol. The van der Waals surface area contributed by atoms with Crippen molar-refractivity contribution >= 4 is 17.6 Å². The van der Waals surface area contributed by atoms with Gasteiger partial charge in [0.15, 0.2) is 6.29 Å². The predicted octanol–water partition coefficient (Wildman–Crippen LogP) is 4.02. The topological polar surface area (TPSA) is 44.8 Å². The Morgan fingerprint density at radius 3 is 2.50 bits per heavy atom. The van der Waals surface area contributed by atoms with Crippen molar-refractivity contribution in [1.29, 1.82) is 0 Å². The summed E-state index contributed by atoms with van der Waals surface area (Å²) in [7, 11) is 0. The van der Waals surface area contributed by atoms with Gasteiger partial charge in [0.05, 0.1) is 13.2 Å². The molecule has 0 radical (unpaired) electrons. The first-order valence-corrected chi connectivity index (χ1v) is 8.87. The number of hydrogen-bond donors (Lipinski definition) is 0. The average molecular weight is 331 g/mol. The lowest BCUT2D eigenvalue weighted by Crippen LogP contribution is -2.39. The fourth-order valence-corrected chi connectivity index (χ4v) is 3.33. The molecule has 0 spiro atoms. The summed E-state index contributed by atoms with van der Waals surface area (Å²) in [5.41, 5.74) is 1.19. The van der Waals surface area contributed by atoms with Crippen LogP contribution in [-0.2, 0) is 19.0 Å². The summed E-state index contributed by atoms with van der Waals surface area (Å²) in [6, 6.07) is 0. The summed E-state index contributed by atoms with van der Waals surface area (Å²) in [6.07, 6.45) is 8.53. The van der Waals surface area contributed by atoms with Crippen molar-refractivity contribution in [3.63, 3.8) is 0 Å². The second-order valence-electron chi connectivity index (χ2n) is 6.31. The quantitative estimate of drug-likeness (QED) is 0.545. The molecule has 0 aromatic rings. The van der Waals surface area contributed by atoms with Crippen molar-refractivity contribution in [3.05, 3.63) is 11.6 Å². The smallest absolute Gasteiger partial charge is 0.331 e. The van der Waals surface area contributed by atoms with E-state index in [4.69, 9.17) is 25.8 Å². The van der Waals surface area contributed by atoms with Crippen LogP contribution in [-0.4, -0.2) is 31.6 Å². The molecule has 1 aliphatic heterocycles. The third kappa shape index (κ3) is 5.56. The van der Waals surface area contributed by atoms with E-state index in [1.807, 2.05) is 0 Å². The highest BCUT2D eigenvalue weighted by Gasteiger charge is 2.33. The maximum absolute atomic E-state index is 11.4. The van der Waals surface area contributed by atoms with Crippen LogP contribution in [0.2, 0.25) is 0 Å². The highest BCUT2D eigenvalue weighted by molar-refractivity contribution is 6.26. The fraction of sp³-hybridized carbons (Fsp3) is 0.824. The Morgan fingerprint density at radius 2 is 1.91 bits per heavy atom. The molecule has 2 aliphatic rings. The lowest BCUT2D eigenvalue weighted by molar-refractivity contribution is -0.231. The molecule has 22 heavy (non-hydrogen) atoms. The first kappa shape index (κ1) is 17.8. The molecule has 1 heterocycles. The third-order valence-electron chi connectivity index (χ3n) is 4.54. The number of carbonyl (C=O) groups excluding carboxylic acids is 1. The number of halogens is 1. The van der Waals surface area contributed by atoms with Gasteiger partial charge in [-0.3, -0.25) is 0 Å². The van der Waals surface area contributed by atoms with Gasteiger partial charge in [0.2, 0.25) is 0 Å². The molecule has 0 atom stereocenters. The van der Waals surface area contributed by atoms with Gasteiger partial charge in [-0.05, 0) is 32.1 Å². The lowest BCUT2D eigenvalue weighted by atomic mass is 9.86. The van der Waals surface area contributed by atoms with E-state index in [1.54, 1.807) is 0 Å². The second kappa shape index (κ2) is 9.53. The van der Waals surface area contributed by atoms with Gasteiger partial charge in [0.25, 0.3) is 0 Å². The molecule has 0 N–H and O–H groups in total. The lowest BCUT2D eigenvalue weighted by Gasteiger charge is -2.37. The van der Waals surface area contributed by atoms with E-state index in [9.17, 15) is 4.79 Å². The van der Waals surface area contributed by atoms with Gasteiger partial charge in [-0.2, -0.15) is 0 Å². The van der Waals surface area contributed by atoms with E-state index in [2.05, 4.69) is 6.92 Å². The van der Waals surface area contributed by atoms with Crippen LogP contribution in [0.1, 0.15) is 51.9 Å². The fourth-order valence-electron chi connectivity index (χ4n) is 3.22. The van der Waals surface area contributed by atoms with Crippen molar-refractivity contribution in [2.45, 2.75) is 64.3 Å². The van der Waals surface area contributed by atoms with E-state index >= 15 is 0 Å². The molecule has 126 valence electrons. The van der Waals surface area contributed by atoms with E-state index in [0.717, 1.165) is 38.9 Å². The van der Waals surface area contributed by atoms with Crippen molar-refractivity contribution < 1.29 is 19.0 Å². The Labute approximate surface area is 138 Å². The van der Waals surface area contributed by atoms with Gasteiger partial charge in [-0.25, -0.2) is 4.79 Å².